The molecule has 4 atom stereocenters. The number of aliphatic hydroxyl groups excluding tert-OH is 2. The number of aryl methyl sites for hydroxylation is 1. The first-order chi connectivity index (χ1) is 19.3. The second kappa shape index (κ2) is 9.78. The fraction of sp³-hybridized carbons (Fsp3) is 0.357. The molecule has 0 saturated heterocycles. The molecule has 1 aromatic carbocycles. The van der Waals surface area contributed by atoms with Gasteiger partial charge in [-0.1, -0.05) is 6.07 Å². The highest BCUT2D eigenvalue weighted by molar-refractivity contribution is 6.24. The first-order valence-corrected chi connectivity index (χ1v) is 12.8. The third kappa shape index (κ3) is 4.16. The number of phenolic OH excluding ortho intramolecular Hbond substituents is 1. The lowest BCUT2D eigenvalue weighted by Gasteiger charge is -2.50. The molecule has 1 heterocycles. The Labute approximate surface area is 232 Å². The largest absolute Gasteiger partial charge is 0.508 e. The van der Waals surface area contributed by atoms with Crippen LogP contribution in [0.3, 0.4) is 0 Å². The molecule has 214 valence electrons. The highest BCUT2D eigenvalue weighted by Gasteiger charge is 2.64. The monoisotopic (exact) mass is 564 g/mol. The van der Waals surface area contributed by atoms with Crippen LogP contribution in [0.5, 0.6) is 5.75 Å². The summed E-state index contributed by atoms with van der Waals surface area (Å²) in [6.07, 6.45) is 1.31. The van der Waals surface area contributed by atoms with Crippen molar-refractivity contribution in [3.8, 4) is 5.75 Å². The minimum absolute atomic E-state index is 0.0107. The number of likely N-dealkylation sites (N-methyl/N-ethyl adjacent to an activating group) is 1. The number of carbonyl (C=O) groups is 4. The predicted octanol–water partition coefficient (Wildman–Crippen LogP) is -0.137. The van der Waals surface area contributed by atoms with E-state index in [0.717, 1.165) is 12.4 Å². The Morgan fingerprint density at radius 1 is 1.17 bits per heavy atom. The fourth-order valence-corrected chi connectivity index (χ4v) is 6.44. The number of rotatable bonds is 6. The van der Waals surface area contributed by atoms with Crippen LogP contribution in [0.15, 0.2) is 46.2 Å². The van der Waals surface area contributed by atoms with E-state index >= 15 is 0 Å². The van der Waals surface area contributed by atoms with Crippen LogP contribution in [-0.2, 0) is 27.2 Å². The lowest BCUT2D eigenvalue weighted by molar-refractivity contribution is -0.153. The van der Waals surface area contributed by atoms with Gasteiger partial charge in [0.05, 0.1) is 17.9 Å². The number of amides is 1. The van der Waals surface area contributed by atoms with E-state index in [1.807, 2.05) is 0 Å². The number of phenols is 1. The maximum absolute atomic E-state index is 13.9. The van der Waals surface area contributed by atoms with Gasteiger partial charge >= 0.3 is 0 Å². The molecule has 0 aliphatic heterocycles. The molecule has 5 rings (SSSR count). The summed E-state index contributed by atoms with van der Waals surface area (Å²) in [5.74, 6) is -7.66. The lowest BCUT2D eigenvalue weighted by atomic mass is 9.57. The number of Topliss-reactive ketones (excluding diaryl/α,β-unsaturated/α-hetero) is 3. The molecule has 1 fully saturated rings. The summed E-state index contributed by atoms with van der Waals surface area (Å²) < 4.78 is 0. The van der Waals surface area contributed by atoms with E-state index in [4.69, 9.17) is 5.73 Å². The number of ketones is 3. The Morgan fingerprint density at radius 3 is 2.51 bits per heavy atom. The number of nitrogens with two attached hydrogens (primary N) is 1. The molecule has 0 bridgehead atoms. The van der Waals surface area contributed by atoms with Gasteiger partial charge in [-0.25, -0.2) is 4.98 Å². The van der Waals surface area contributed by atoms with Crippen molar-refractivity contribution in [1.29, 1.82) is 0 Å². The predicted molar refractivity (Wildman–Crippen MR) is 142 cm³/mol. The van der Waals surface area contributed by atoms with E-state index in [9.17, 15) is 44.4 Å². The Hall–Kier alpha value is -4.62. The van der Waals surface area contributed by atoms with Gasteiger partial charge < -0.3 is 31.1 Å². The zero-order valence-corrected chi connectivity index (χ0v) is 22.2. The number of H-pyrrole nitrogens is 1. The number of aliphatic hydroxyl groups is 3. The molecule has 1 aromatic heterocycles. The molecular formula is C28H28N4O9. The number of fused-ring (bicyclic) bond motifs is 3. The molecule has 2 aromatic rings. The van der Waals surface area contributed by atoms with Crippen LogP contribution in [0.2, 0.25) is 0 Å². The number of hydrogen-bond donors (Lipinski definition) is 6. The maximum Gasteiger partial charge on any atom is 0.255 e. The SMILES string of the molecule is CN(C)[C@@H]1C(=O)C(C(N)=O)=C(O)[C@@]2(O)C(=O)C3=C(O)c4c(O)ccc(CCC(=O)c5cc(=O)[nH]cn5)c4C[C@H]3C[C@@H]12. The van der Waals surface area contributed by atoms with E-state index < -0.39 is 69.4 Å². The first kappa shape index (κ1) is 27.9. The van der Waals surface area contributed by atoms with Crippen LogP contribution in [0, 0.1) is 11.8 Å². The summed E-state index contributed by atoms with van der Waals surface area (Å²) in [6, 6.07) is 2.79. The van der Waals surface area contributed by atoms with Crippen molar-refractivity contribution in [1.82, 2.24) is 14.9 Å². The molecule has 41 heavy (non-hydrogen) atoms. The Kier molecular flexibility index (Phi) is 6.66. The number of aromatic amines is 1. The number of carbonyl (C=O) groups excluding carboxylic acids is 4. The number of primary amides is 1. The molecule has 0 unspecified atom stereocenters. The molecule has 7 N–H and O–H groups in total. The van der Waals surface area contributed by atoms with Crippen LogP contribution >= 0.6 is 0 Å². The van der Waals surface area contributed by atoms with Crippen molar-refractivity contribution in [2.24, 2.45) is 17.6 Å². The molecular weight excluding hydrogens is 536 g/mol. The minimum Gasteiger partial charge on any atom is -0.508 e. The summed E-state index contributed by atoms with van der Waals surface area (Å²) in [5.41, 5.74) is 2.01. The number of aromatic nitrogens is 2. The van der Waals surface area contributed by atoms with Gasteiger partial charge in [-0.2, -0.15) is 0 Å². The zero-order chi connectivity index (χ0) is 30.0. The number of nitrogens with zero attached hydrogens (tertiary/aromatic N) is 2. The van der Waals surface area contributed by atoms with Crippen molar-refractivity contribution < 1.29 is 39.6 Å². The second-order valence-corrected chi connectivity index (χ2v) is 10.8. The van der Waals surface area contributed by atoms with Gasteiger partial charge in [0.15, 0.2) is 17.2 Å². The van der Waals surface area contributed by atoms with E-state index in [2.05, 4.69) is 9.97 Å². The smallest absolute Gasteiger partial charge is 0.255 e. The van der Waals surface area contributed by atoms with Crippen LogP contribution in [0.4, 0.5) is 0 Å². The molecule has 3 aliphatic rings. The number of hydrogen-bond acceptors (Lipinski definition) is 11. The summed E-state index contributed by atoms with van der Waals surface area (Å²) in [5, 5.41) is 44.6. The first-order valence-electron chi connectivity index (χ1n) is 12.8. The Morgan fingerprint density at radius 2 is 1.88 bits per heavy atom. The van der Waals surface area contributed by atoms with Gasteiger partial charge in [-0.15, -0.1) is 0 Å². The lowest BCUT2D eigenvalue weighted by Crippen LogP contribution is -2.65. The van der Waals surface area contributed by atoms with Gasteiger partial charge in [-0.05, 0) is 56.5 Å². The van der Waals surface area contributed by atoms with Gasteiger partial charge in [-0.3, -0.25) is 28.9 Å². The van der Waals surface area contributed by atoms with Crippen molar-refractivity contribution in [2.45, 2.75) is 37.3 Å². The third-order valence-corrected chi connectivity index (χ3v) is 8.29. The van der Waals surface area contributed by atoms with Gasteiger partial charge in [0.1, 0.15) is 28.5 Å². The molecule has 3 aliphatic carbocycles. The van der Waals surface area contributed by atoms with Crippen molar-refractivity contribution >= 4 is 29.0 Å². The summed E-state index contributed by atoms with van der Waals surface area (Å²) in [7, 11) is 3.05. The zero-order valence-electron chi connectivity index (χ0n) is 22.2. The van der Waals surface area contributed by atoms with E-state index in [1.165, 1.54) is 25.1 Å². The fourth-order valence-electron chi connectivity index (χ4n) is 6.44. The average molecular weight is 565 g/mol. The van der Waals surface area contributed by atoms with Gasteiger partial charge in [0, 0.05) is 24.0 Å². The second-order valence-electron chi connectivity index (χ2n) is 10.8. The van der Waals surface area contributed by atoms with Gasteiger partial charge in [0.2, 0.25) is 5.78 Å². The quantitative estimate of drug-likeness (QED) is 0.200. The van der Waals surface area contributed by atoms with Crippen LogP contribution < -0.4 is 11.3 Å². The van der Waals surface area contributed by atoms with Gasteiger partial charge in [0.25, 0.3) is 11.5 Å². The maximum atomic E-state index is 13.9. The minimum atomic E-state index is -2.72. The van der Waals surface area contributed by atoms with Crippen LogP contribution in [0.25, 0.3) is 5.76 Å². The molecule has 13 heteroatoms. The van der Waals surface area contributed by atoms with Crippen LogP contribution in [0.1, 0.15) is 40.0 Å². The van der Waals surface area contributed by atoms with E-state index in [0.29, 0.717) is 11.1 Å². The standard InChI is InChI=1S/C28H28N4O9/c1-32(2)22-14-8-12-7-13-11(3-5-16(33)15-9-18(35)31-10-30-15)4-6-17(34)20(13)23(36)19(12)25(38)28(14,41)26(39)21(24(22)37)27(29)40/h4,6,9-10,12,14,22,34,36,39,41H,3,5,7-8H2,1-2H3,(H2,29,40)(H,30,31,35)/t12-,14-,22-,28-/m0/s1. The normalized spacial score (nSPS) is 25.6. The summed E-state index contributed by atoms with van der Waals surface area (Å²) in [6.45, 7) is 0. The highest BCUT2D eigenvalue weighted by Crippen LogP contribution is 2.53. The molecule has 1 amide bonds. The molecule has 0 radical (unpaired) electrons. The Bertz CT molecular complexity index is 1650. The van der Waals surface area contributed by atoms with E-state index in [-0.39, 0.29) is 48.3 Å². The molecule has 13 nitrogen and oxygen atoms in total. The third-order valence-electron chi connectivity index (χ3n) is 8.29. The number of aromatic hydroxyl groups is 1. The van der Waals surface area contributed by atoms with Crippen molar-refractivity contribution in [2.75, 3.05) is 14.1 Å². The molecule has 1 saturated carbocycles. The number of nitrogens with one attached hydrogen (secondary N) is 1. The Balaban J connectivity index is 1.58. The summed E-state index contributed by atoms with van der Waals surface area (Å²) in [4.78, 5) is 71.0. The highest BCUT2D eigenvalue weighted by atomic mass is 16.3. The number of benzene rings is 1. The average Bonchev–Trinajstić information content (AvgIpc) is 2.89. The van der Waals surface area contributed by atoms with Crippen LogP contribution in [-0.4, -0.2) is 84.3 Å². The molecule has 0 spiro atoms. The van der Waals surface area contributed by atoms with Crippen molar-refractivity contribution in [3.05, 3.63) is 74.2 Å². The summed E-state index contributed by atoms with van der Waals surface area (Å²) >= 11 is 0. The topological polar surface area (TPSA) is 224 Å². The van der Waals surface area contributed by atoms with Crippen molar-refractivity contribution in [3.63, 3.8) is 0 Å². The van der Waals surface area contributed by atoms with E-state index in [1.54, 1.807) is 6.07 Å².